The normalized spacial score (nSPS) is 21.6. The van der Waals surface area contributed by atoms with E-state index in [-0.39, 0.29) is 23.7 Å². The van der Waals surface area contributed by atoms with Crippen molar-refractivity contribution < 1.29 is 9.18 Å². The first-order valence-electron chi connectivity index (χ1n) is 5.79. The summed E-state index contributed by atoms with van der Waals surface area (Å²) in [7, 11) is 0. The van der Waals surface area contributed by atoms with E-state index in [2.05, 4.69) is 6.58 Å². The van der Waals surface area contributed by atoms with Crippen LogP contribution in [0, 0.1) is 11.7 Å². The molecule has 3 heteroatoms. The molecule has 17 heavy (non-hydrogen) atoms. The SMILES string of the molecule is C=CC1CC(=O)N(C(C)c2ccc(F)cc2)C1. The van der Waals surface area contributed by atoms with Crippen LogP contribution >= 0.6 is 0 Å². The zero-order valence-corrected chi connectivity index (χ0v) is 9.90. The van der Waals surface area contributed by atoms with E-state index in [4.69, 9.17) is 0 Å². The highest BCUT2D eigenvalue weighted by atomic mass is 19.1. The molecule has 1 aromatic rings. The van der Waals surface area contributed by atoms with Gasteiger partial charge in [-0.2, -0.15) is 0 Å². The van der Waals surface area contributed by atoms with Crippen LogP contribution in [0.15, 0.2) is 36.9 Å². The van der Waals surface area contributed by atoms with Crippen molar-refractivity contribution in [3.63, 3.8) is 0 Å². The Kier molecular flexibility index (Phi) is 3.27. The molecule has 1 saturated heterocycles. The molecule has 0 radical (unpaired) electrons. The van der Waals surface area contributed by atoms with Gasteiger partial charge in [0.05, 0.1) is 6.04 Å². The highest BCUT2D eigenvalue weighted by molar-refractivity contribution is 5.79. The van der Waals surface area contributed by atoms with Crippen molar-refractivity contribution in [1.82, 2.24) is 4.90 Å². The van der Waals surface area contributed by atoms with Gasteiger partial charge < -0.3 is 4.90 Å². The highest BCUT2D eigenvalue weighted by Gasteiger charge is 2.31. The van der Waals surface area contributed by atoms with Gasteiger partial charge in [0.1, 0.15) is 5.82 Å². The average molecular weight is 233 g/mol. The molecule has 1 amide bonds. The third-order valence-corrected chi connectivity index (χ3v) is 3.34. The number of carbonyl (C=O) groups is 1. The molecule has 2 nitrogen and oxygen atoms in total. The van der Waals surface area contributed by atoms with Gasteiger partial charge in [-0.3, -0.25) is 4.79 Å². The number of benzene rings is 1. The van der Waals surface area contributed by atoms with E-state index in [1.165, 1.54) is 12.1 Å². The third-order valence-electron chi connectivity index (χ3n) is 3.34. The number of rotatable bonds is 3. The maximum absolute atomic E-state index is 12.8. The molecule has 2 rings (SSSR count). The standard InChI is InChI=1S/C14H16FNO/c1-3-11-8-14(17)16(9-11)10(2)12-4-6-13(15)7-5-12/h3-7,10-11H,1,8-9H2,2H3. The van der Waals surface area contributed by atoms with Crippen molar-refractivity contribution in [2.45, 2.75) is 19.4 Å². The van der Waals surface area contributed by atoms with Crippen LogP contribution < -0.4 is 0 Å². The molecule has 1 aromatic carbocycles. The van der Waals surface area contributed by atoms with Gasteiger partial charge in [-0.05, 0) is 24.6 Å². The van der Waals surface area contributed by atoms with Crippen molar-refractivity contribution >= 4 is 5.91 Å². The van der Waals surface area contributed by atoms with Gasteiger partial charge in [0.2, 0.25) is 5.91 Å². The lowest BCUT2D eigenvalue weighted by Gasteiger charge is -2.25. The van der Waals surface area contributed by atoms with Gasteiger partial charge in [0.15, 0.2) is 0 Å². The van der Waals surface area contributed by atoms with Crippen molar-refractivity contribution in [3.8, 4) is 0 Å². The second-order valence-electron chi connectivity index (χ2n) is 4.47. The summed E-state index contributed by atoms with van der Waals surface area (Å²) < 4.78 is 12.8. The van der Waals surface area contributed by atoms with Gasteiger partial charge in [0.25, 0.3) is 0 Å². The summed E-state index contributed by atoms with van der Waals surface area (Å²) in [5, 5.41) is 0. The topological polar surface area (TPSA) is 20.3 Å². The van der Waals surface area contributed by atoms with Gasteiger partial charge in [-0.15, -0.1) is 6.58 Å². The summed E-state index contributed by atoms with van der Waals surface area (Å²) >= 11 is 0. The Labute approximate surface area is 101 Å². The number of hydrogen-bond acceptors (Lipinski definition) is 1. The molecule has 1 heterocycles. The molecule has 0 spiro atoms. The lowest BCUT2D eigenvalue weighted by molar-refractivity contribution is -0.129. The Bertz CT molecular complexity index is 426. The van der Waals surface area contributed by atoms with Crippen LogP contribution in [0.3, 0.4) is 0 Å². The van der Waals surface area contributed by atoms with Crippen LogP contribution in [0.2, 0.25) is 0 Å². The summed E-state index contributed by atoms with van der Waals surface area (Å²) in [6.45, 7) is 6.40. The lowest BCUT2D eigenvalue weighted by Crippen LogP contribution is -2.28. The predicted molar refractivity (Wildman–Crippen MR) is 64.8 cm³/mol. The zero-order valence-electron chi connectivity index (χ0n) is 9.90. The van der Waals surface area contributed by atoms with E-state index in [1.54, 1.807) is 12.1 Å². The van der Waals surface area contributed by atoms with Crippen LogP contribution in [0.25, 0.3) is 0 Å². The summed E-state index contributed by atoms with van der Waals surface area (Å²) in [6, 6.07) is 6.31. The second-order valence-corrected chi connectivity index (χ2v) is 4.47. The number of carbonyl (C=O) groups excluding carboxylic acids is 1. The molecule has 0 saturated carbocycles. The minimum Gasteiger partial charge on any atom is -0.335 e. The highest BCUT2D eigenvalue weighted by Crippen LogP contribution is 2.28. The Balaban J connectivity index is 2.15. The average Bonchev–Trinajstić information content (AvgIpc) is 2.71. The maximum atomic E-state index is 12.8. The molecular formula is C14H16FNO. The Morgan fingerprint density at radius 3 is 2.65 bits per heavy atom. The largest absolute Gasteiger partial charge is 0.335 e. The van der Waals surface area contributed by atoms with E-state index in [0.29, 0.717) is 13.0 Å². The van der Waals surface area contributed by atoms with E-state index in [1.807, 2.05) is 17.9 Å². The van der Waals surface area contributed by atoms with Crippen molar-refractivity contribution in [3.05, 3.63) is 48.3 Å². The predicted octanol–water partition coefficient (Wildman–Crippen LogP) is 2.92. The molecule has 1 fully saturated rings. The minimum absolute atomic E-state index is 0.00644. The number of nitrogens with zero attached hydrogens (tertiary/aromatic N) is 1. The van der Waals surface area contributed by atoms with E-state index in [0.717, 1.165) is 5.56 Å². The van der Waals surface area contributed by atoms with Gasteiger partial charge in [-0.1, -0.05) is 18.2 Å². The van der Waals surface area contributed by atoms with Gasteiger partial charge >= 0.3 is 0 Å². The van der Waals surface area contributed by atoms with E-state index >= 15 is 0 Å². The molecular weight excluding hydrogens is 217 g/mol. The Morgan fingerprint density at radius 1 is 1.47 bits per heavy atom. The summed E-state index contributed by atoms with van der Waals surface area (Å²) in [6.07, 6.45) is 2.37. The van der Waals surface area contributed by atoms with Crippen LogP contribution in [0.1, 0.15) is 24.9 Å². The first-order valence-corrected chi connectivity index (χ1v) is 5.79. The summed E-state index contributed by atoms with van der Waals surface area (Å²) in [5.74, 6) is 0.134. The number of likely N-dealkylation sites (tertiary alicyclic amines) is 1. The molecule has 2 unspecified atom stereocenters. The fourth-order valence-corrected chi connectivity index (χ4v) is 2.21. The van der Waals surface area contributed by atoms with Gasteiger partial charge in [-0.25, -0.2) is 4.39 Å². The summed E-state index contributed by atoms with van der Waals surface area (Å²) in [5.41, 5.74) is 0.962. The molecule has 0 N–H and O–H groups in total. The fraction of sp³-hybridized carbons (Fsp3) is 0.357. The second kappa shape index (κ2) is 4.70. The maximum Gasteiger partial charge on any atom is 0.223 e. The first kappa shape index (κ1) is 11.8. The quantitative estimate of drug-likeness (QED) is 0.735. The molecule has 1 aliphatic rings. The van der Waals surface area contributed by atoms with Crippen LogP contribution in [0.5, 0.6) is 0 Å². The Morgan fingerprint density at radius 2 is 2.12 bits per heavy atom. The molecule has 0 aliphatic carbocycles. The number of amides is 1. The first-order chi connectivity index (χ1) is 8.11. The summed E-state index contributed by atoms with van der Waals surface area (Å²) in [4.78, 5) is 13.7. The fourth-order valence-electron chi connectivity index (χ4n) is 2.21. The van der Waals surface area contributed by atoms with Crippen LogP contribution in [-0.2, 0) is 4.79 Å². The minimum atomic E-state index is -0.252. The van der Waals surface area contributed by atoms with Crippen molar-refractivity contribution in [2.24, 2.45) is 5.92 Å². The van der Waals surface area contributed by atoms with Crippen molar-refractivity contribution in [2.75, 3.05) is 6.54 Å². The zero-order chi connectivity index (χ0) is 12.4. The molecule has 0 bridgehead atoms. The molecule has 2 atom stereocenters. The van der Waals surface area contributed by atoms with Crippen molar-refractivity contribution in [1.29, 1.82) is 0 Å². The third kappa shape index (κ3) is 2.38. The number of hydrogen-bond donors (Lipinski definition) is 0. The smallest absolute Gasteiger partial charge is 0.223 e. The van der Waals surface area contributed by atoms with Crippen LogP contribution in [0.4, 0.5) is 4.39 Å². The lowest BCUT2D eigenvalue weighted by atomic mass is 10.1. The molecule has 1 aliphatic heterocycles. The Hall–Kier alpha value is -1.64. The molecule has 0 aromatic heterocycles. The van der Waals surface area contributed by atoms with Crippen LogP contribution in [-0.4, -0.2) is 17.4 Å². The van der Waals surface area contributed by atoms with E-state index in [9.17, 15) is 9.18 Å². The molecule has 90 valence electrons. The number of halogens is 1. The van der Waals surface area contributed by atoms with Gasteiger partial charge in [0, 0.05) is 18.9 Å². The van der Waals surface area contributed by atoms with E-state index < -0.39 is 0 Å². The monoisotopic (exact) mass is 233 g/mol.